The molecular weight excluding hydrogens is 272 g/mol. The molecule has 0 aliphatic rings. The summed E-state index contributed by atoms with van der Waals surface area (Å²) in [7, 11) is 0. The van der Waals surface area contributed by atoms with E-state index in [-0.39, 0.29) is 0 Å². The van der Waals surface area contributed by atoms with Crippen molar-refractivity contribution in [3.05, 3.63) is 28.9 Å². The second kappa shape index (κ2) is 5.02. The minimum atomic E-state index is 0.581. The summed E-state index contributed by atoms with van der Waals surface area (Å²) in [4.78, 5) is 9.85. The van der Waals surface area contributed by atoms with E-state index in [2.05, 4.69) is 41.4 Å². The molecule has 0 radical (unpaired) electrons. The van der Waals surface area contributed by atoms with Crippen molar-refractivity contribution in [2.75, 3.05) is 5.32 Å². The first-order chi connectivity index (χ1) is 7.79. The molecule has 0 saturated heterocycles. The second-order valence-corrected chi connectivity index (χ2v) is 3.82. The summed E-state index contributed by atoms with van der Waals surface area (Å²) in [6.45, 7) is 3.35. The molecule has 0 saturated carbocycles. The Kier molecular flexibility index (Phi) is 3.45. The molecule has 0 fully saturated rings. The van der Waals surface area contributed by atoms with Gasteiger partial charge >= 0.3 is 0 Å². The van der Waals surface area contributed by atoms with Crippen LogP contribution in [0.4, 0.5) is 5.82 Å². The first-order valence-electron chi connectivity index (χ1n) is 4.89. The van der Waals surface area contributed by atoms with Crippen molar-refractivity contribution in [2.24, 2.45) is 0 Å². The molecule has 2 aromatic heterocycles. The predicted octanol–water partition coefficient (Wildman–Crippen LogP) is 1.46. The van der Waals surface area contributed by atoms with Crippen LogP contribution in [0, 0.1) is 0 Å². The Bertz CT molecular complexity index is 469. The molecule has 2 aromatic rings. The lowest BCUT2D eigenvalue weighted by atomic mass is 10.5. The van der Waals surface area contributed by atoms with Gasteiger partial charge in [-0.3, -0.25) is 0 Å². The molecular formula is C9H11BrN6. The first-order valence-corrected chi connectivity index (χ1v) is 5.68. The van der Waals surface area contributed by atoms with Gasteiger partial charge in [0.05, 0.1) is 19.3 Å². The summed E-state index contributed by atoms with van der Waals surface area (Å²) in [6, 6.07) is 0. The third kappa shape index (κ3) is 2.54. The van der Waals surface area contributed by atoms with E-state index >= 15 is 0 Å². The molecule has 0 spiro atoms. The van der Waals surface area contributed by atoms with Gasteiger partial charge in [0, 0.05) is 12.4 Å². The van der Waals surface area contributed by atoms with Crippen molar-refractivity contribution < 1.29 is 0 Å². The van der Waals surface area contributed by atoms with Crippen LogP contribution in [0.1, 0.15) is 12.6 Å². The summed E-state index contributed by atoms with van der Waals surface area (Å²) in [5.41, 5.74) is 0.874. The average Bonchev–Trinajstić information content (AvgIpc) is 2.76. The van der Waals surface area contributed by atoms with Gasteiger partial charge in [0.2, 0.25) is 0 Å². The molecule has 84 valence electrons. The van der Waals surface area contributed by atoms with E-state index < -0.39 is 0 Å². The lowest BCUT2D eigenvalue weighted by molar-refractivity contribution is 0.564. The molecule has 0 bridgehead atoms. The third-order valence-corrected chi connectivity index (χ3v) is 2.54. The van der Waals surface area contributed by atoms with Crippen LogP contribution in [0.25, 0.3) is 0 Å². The summed E-state index contributed by atoms with van der Waals surface area (Å²) in [6.07, 6.45) is 5.00. The molecule has 2 heterocycles. The molecule has 6 nitrogen and oxygen atoms in total. The highest BCUT2D eigenvalue weighted by Gasteiger charge is 2.03. The molecule has 2 rings (SSSR count). The normalized spacial score (nSPS) is 10.4. The number of hydrogen-bond donors (Lipinski definition) is 1. The van der Waals surface area contributed by atoms with Gasteiger partial charge in [-0.25, -0.2) is 9.97 Å². The lowest BCUT2D eigenvalue weighted by Crippen LogP contribution is -2.04. The molecule has 0 aliphatic heterocycles. The standard InChI is InChI=1S/C9H11BrN6/c1-2-16-14-6-7(15-16)5-13-9-8(10)11-3-4-12-9/h3-4,6H,2,5H2,1H3,(H,12,13). The van der Waals surface area contributed by atoms with E-state index in [1.165, 1.54) is 0 Å². The molecule has 1 N–H and O–H groups in total. The summed E-state index contributed by atoms with van der Waals surface area (Å²) in [5, 5.41) is 11.5. The van der Waals surface area contributed by atoms with Crippen LogP contribution in [-0.4, -0.2) is 25.0 Å². The van der Waals surface area contributed by atoms with Crippen molar-refractivity contribution >= 4 is 21.7 Å². The fourth-order valence-electron chi connectivity index (χ4n) is 1.18. The van der Waals surface area contributed by atoms with Gasteiger partial charge < -0.3 is 5.32 Å². The van der Waals surface area contributed by atoms with Gasteiger partial charge in [-0.2, -0.15) is 15.0 Å². The topological polar surface area (TPSA) is 68.5 Å². The van der Waals surface area contributed by atoms with E-state index in [4.69, 9.17) is 0 Å². The van der Waals surface area contributed by atoms with Gasteiger partial charge in [-0.15, -0.1) is 0 Å². The molecule has 0 amide bonds. The molecule has 0 atom stereocenters. The average molecular weight is 283 g/mol. The highest BCUT2D eigenvalue weighted by Crippen LogP contribution is 2.15. The Labute approximate surface area is 101 Å². The minimum Gasteiger partial charge on any atom is -0.362 e. The van der Waals surface area contributed by atoms with Crippen LogP contribution in [0.2, 0.25) is 0 Å². The highest BCUT2D eigenvalue weighted by atomic mass is 79.9. The Morgan fingerprint density at radius 3 is 2.88 bits per heavy atom. The Balaban J connectivity index is 1.99. The SMILES string of the molecule is CCn1ncc(CNc2nccnc2Br)n1. The quantitative estimate of drug-likeness (QED) is 0.920. The number of nitrogens with zero attached hydrogens (tertiary/aromatic N) is 5. The Morgan fingerprint density at radius 1 is 1.38 bits per heavy atom. The Morgan fingerprint density at radius 2 is 2.19 bits per heavy atom. The van der Waals surface area contributed by atoms with Crippen LogP contribution in [0.5, 0.6) is 0 Å². The van der Waals surface area contributed by atoms with Gasteiger partial charge in [0.25, 0.3) is 0 Å². The van der Waals surface area contributed by atoms with Crippen LogP contribution >= 0.6 is 15.9 Å². The van der Waals surface area contributed by atoms with E-state index in [1.54, 1.807) is 23.4 Å². The van der Waals surface area contributed by atoms with Crippen molar-refractivity contribution in [1.82, 2.24) is 25.0 Å². The smallest absolute Gasteiger partial charge is 0.159 e. The van der Waals surface area contributed by atoms with Crippen LogP contribution in [0.15, 0.2) is 23.2 Å². The highest BCUT2D eigenvalue weighted by molar-refractivity contribution is 9.10. The zero-order chi connectivity index (χ0) is 11.4. The van der Waals surface area contributed by atoms with Crippen LogP contribution in [-0.2, 0) is 13.1 Å². The van der Waals surface area contributed by atoms with Gasteiger partial charge in [-0.05, 0) is 22.9 Å². The monoisotopic (exact) mass is 282 g/mol. The molecule has 0 aliphatic carbocycles. The van der Waals surface area contributed by atoms with Crippen LogP contribution in [0.3, 0.4) is 0 Å². The number of aryl methyl sites for hydroxylation is 1. The van der Waals surface area contributed by atoms with Gasteiger partial charge in [0.1, 0.15) is 10.3 Å². The number of anilines is 1. The van der Waals surface area contributed by atoms with Crippen molar-refractivity contribution in [3.63, 3.8) is 0 Å². The van der Waals surface area contributed by atoms with Crippen molar-refractivity contribution in [3.8, 4) is 0 Å². The fraction of sp³-hybridized carbons (Fsp3) is 0.333. The van der Waals surface area contributed by atoms with E-state index in [0.29, 0.717) is 17.0 Å². The van der Waals surface area contributed by atoms with E-state index in [0.717, 1.165) is 12.2 Å². The van der Waals surface area contributed by atoms with E-state index in [1.807, 2.05) is 6.92 Å². The number of nitrogens with one attached hydrogen (secondary N) is 1. The minimum absolute atomic E-state index is 0.581. The number of aromatic nitrogens is 5. The predicted molar refractivity (Wildman–Crippen MR) is 62.8 cm³/mol. The lowest BCUT2D eigenvalue weighted by Gasteiger charge is -2.03. The number of rotatable bonds is 4. The largest absolute Gasteiger partial charge is 0.362 e. The molecule has 0 aromatic carbocycles. The molecule has 16 heavy (non-hydrogen) atoms. The van der Waals surface area contributed by atoms with Gasteiger partial charge in [-0.1, -0.05) is 0 Å². The van der Waals surface area contributed by atoms with Crippen LogP contribution < -0.4 is 5.32 Å². The first kappa shape index (κ1) is 11.0. The third-order valence-electron chi connectivity index (χ3n) is 1.96. The molecule has 0 unspecified atom stereocenters. The second-order valence-electron chi connectivity index (χ2n) is 3.07. The Hall–Kier alpha value is -1.50. The zero-order valence-corrected chi connectivity index (χ0v) is 10.3. The van der Waals surface area contributed by atoms with Crippen molar-refractivity contribution in [1.29, 1.82) is 0 Å². The number of halogens is 1. The number of hydrogen-bond acceptors (Lipinski definition) is 5. The summed E-state index contributed by atoms with van der Waals surface area (Å²) < 4.78 is 0.692. The maximum absolute atomic E-state index is 4.25. The zero-order valence-electron chi connectivity index (χ0n) is 8.76. The van der Waals surface area contributed by atoms with Gasteiger partial charge in [0.15, 0.2) is 5.82 Å². The summed E-state index contributed by atoms with van der Waals surface area (Å²) in [5.74, 6) is 0.702. The molecule has 7 heteroatoms. The van der Waals surface area contributed by atoms with Crippen molar-refractivity contribution in [2.45, 2.75) is 20.0 Å². The maximum Gasteiger partial charge on any atom is 0.159 e. The maximum atomic E-state index is 4.25. The summed E-state index contributed by atoms with van der Waals surface area (Å²) >= 11 is 3.31. The van der Waals surface area contributed by atoms with E-state index in [9.17, 15) is 0 Å². The fourth-order valence-corrected chi connectivity index (χ4v) is 1.54.